The number of anilines is 1. The quantitative estimate of drug-likeness (QED) is 0.859. The maximum atomic E-state index is 12.8. The molecule has 0 bridgehead atoms. The molecule has 4 heteroatoms. The van der Waals surface area contributed by atoms with Crippen LogP contribution >= 0.6 is 0 Å². The lowest BCUT2D eigenvalue weighted by Crippen LogP contribution is -2.33. The predicted molar refractivity (Wildman–Crippen MR) is 65.7 cm³/mol. The van der Waals surface area contributed by atoms with Gasteiger partial charge in [0.1, 0.15) is 5.82 Å². The van der Waals surface area contributed by atoms with Crippen LogP contribution in [0.15, 0.2) is 24.3 Å². The van der Waals surface area contributed by atoms with E-state index < -0.39 is 5.97 Å². The number of carbonyl (C=O) groups is 1. The summed E-state index contributed by atoms with van der Waals surface area (Å²) in [5, 5.41) is 8.80. The predicted octanol–water partition coefficient (Wildman–Crippen LogP) is 2.76. The van der Waals surface area contributed by atoms with Crippen molar-refractivity contribution in [1.29, 1.82) is 0 Å². The molecule has 17 heavy (non-hydrogen) atoms. The van der Waals surface area contributed by atoms with Gasteiger partial charge in [-0.25, -0.2) is 4.39 Å². The summed E-state index contributed by atoms with van der Waals surface area (Å²) in [6, 6.07) is 6.17. The van der Waals surface area contributed by atoms with Crippen molar-refractivity contribution in [2.75, 3.05) is 18.5 Å². The number of hydrogen-bond donors (Lipinski definition) is 1. The summed E-state index contributed by atoms with van der Waals surface area (Å²) in [6.07, 6.45) is 0.110. The van der Waals surface area contributed by atoms with Gasteiger partial charge in [-0.1, -0.05) is 13.8 Å². The molecule has 0 unspecified atom stereocenters. The van der Waals surface area contributed by atoms with Gasteiger partial charge in [0.05, 0.1) is 6.42 Å². The van der Waals surface area contributed by atoms with E-state index >= 15 is 0 Å². The van der Waals surface area contributed by atoms with Crippen LogP contribution in [0.5, 0.6) is 0 Å². The fraction of sp³-hybridized carbons (Fsp3) is 0.462. The zero-order valence-corrected chi connectivity index (χ0v) is 10.4. The van der Waals surface area contributed by atoms with E-state index in [4.69, 9.17) is 5.11 Å². The van der Waals surface area contributed by atoms with Crippen LogP contribution in [0.25, 0.3) is 0 Å². The van der Waals surface area contributed by atoms with E-state index in [1.807, 2.05) is 25.8 Å². The molecule has 1 N–H and O–H groups in total. The van der Waals surface area contributed by atoms with E-state index in [2.05, 4.69) is 0 Å². The van der Waals surface area contributed by atoms with Crippen LogP contribution in [-0.2, 0) is 4.79 Å². The molecule has 0 aliphatic rings. The lowest BCUT2D eigenvalue weighted by molar-refractivity contribution is -0.139. The largest absolute Gasteiger partial charge is 0.481 e. The van der Waals surface area contributed by atoms with Crippen LogP contribution in [-0.4, -0.2) is 24.7 Å². The number of halogens is 1. The molecule has 0 aliphatic carbocycles. The molecule has 0 radical (unpaired) electrons. The van der Waals surface area contributed by atoms with Gasteiger partial charge < -0.3 is 10.0 Å². The minimum absolute atomic E-state index is 0.110. The molecule has 0 spiro atoms. The van der Waals surface area contributed by atoms with Gasteiger partial charge in [-0.2, -0.15) is 0 Å². The molecule has 0 amide bonds. The van der Waals surface area contributed by atoms with Gasteiger partial charge in [-0.15, -0.1) is 0 Å². The number of hydrogen-bond acceptors (Lipinski definition) is 2. The SMILES string of the molecule is CN(CC(C)(C)CC(=O)O)c1ccc(F)cc1. The van der Waals surface area contributed by atoms with E-state index in [0.717, 1.165) is 5.69 Å². The van der Waals surface area contributed by atoms with E-state index in [-0.39, 0.29) is 17.7 Å². The molecule has 1 aromatic carbocycles. The highest BCUT2D eigenvalue weighted by Crippen LogP contribution is 2.24. The van der Waals surface area contributed by atoms with Gasteiger partial charge in [0, 0.05) is 19.3 Å². The molecule has 0 aliphatic heterocycles. The number of aliphatic carboxylic acids is 1. The molecule has 94 valence electrons. The average molecular weight is 239 g/mol. The number of nitrogens with zero attached hydrogens (tertiary/aromatic N) is 1. The normalized spacial score (nSPS) is 11.3. The second kappa shape index (κ2) is 5.17. The highest BCUT2D eigenvalue weighted by atomic mass is 19.1. The molecule has 3 nitrogen and oxygen atoms in total. The Labute approximate surface area is 101 Å². The fourth-order valence-corrected chi connectivity index (χ4v) is 1.89. The van der Waals surface area contributed by atoms with Gasteiger partial charge in [-0.3, -0.25) is 4.79 Å². The van der Waals surface area contributed by atoms with E-state index in [0.29, 0.717) is 6.54 Å². The second-order valence-corrected chi connectivity index (χ2v) is 5.07. The van der Waals surface area contributed by atoms with Gasteiger partial charge in [-0.05, 0) is 29.7 Å². The summed E-state index contributed by atoms with van der Waals surface area (Å²) in [5.41, 5.74) is 0.555. The minimum atomic E-state index is -0.803. The Morgan fingerprint density at radius 3 is 2.35 bits per heavy atom. The highest BCUT2D eigenvalue weighted by Gasteiger charge is 2.23. The van der Waals surface area contributed by atoms with Crippen molar-refractivity contribution in [1.82, 2.24) is 0 Å². The zero-order chi connectivity index (χ0) is 13.1. The second-order valence-electron chi connectivity index (χ2n) is 5.07. The third-order valence-electron chi connectivity index (χ3n) is 2.56. The number of rotatable bonds is 5. The lowest BCUT2D eigenvalue weighted by Gasteiger charge is -2.30. The minimum Gasteiger partial charge on any atom is -0.481 e. The van der Waals surface area contributed by atoms with Crippen molar-refractivity contribution in [2.45, 2.75) is 20.3 Å². The van der Waals surface area contributed by atoms with Crippen LogP contribution in [0.3, 0.4) is 0 Å². The first-order valence-electron chi connectivity index (χ1n) is 5.49. The Morgan fingerprint density at radius 1 is 1.35 bits per heavy atom. The Bertz CT molecular complexity index is 387. The van der Waals surface area contributed by atoms with Crippen LogP contribution in [0.1, 0.15) is 20.3 Å². The van der Waals surface area contributed by atoms with Crippen molar-refractivity contribution < 1.29 is 14.3 Å². The molecular weight excluding hydrogens is 221 g/mol. The van der Waals surface area contributed by atoms with Gasteiger partial charge in [0.2, 0.25) is 0 Å². The third-order valence-corrected chi connectivity index (χ3v) is 2.56. The molecule has 0 saturated heterocycles. The van der Waals surface area contributed by atoms with Gasteiger partial charge in [0.25, 0.3) is 0 Å². The highest BCUT2D eigenvalue weighted by molar-refractivity contribution is 5.67. The van der Waals surface area contributed by atoms with Crippen LogP contribution in [0.2, 0.25) is 0 Å². The average Bonchev–Trinajstić information content (AvgIpc) is 2.15. The molecule has 0 heterocycles. The maximum Gasteiger partial charge on any atom is 0.303 e. The first-order valence-corrected chi connectivity index (χ1v) is 5.49. The van der Waals surface area contributed by atoms with Crippen molar-refractivity contribution >= 4 is 11.7 Å². The van der Waals surface area contributed by atoms with E-state index in [1.54, 1.807) is 12.1 Å². The molecule has 0 saturated carbocycles. The first kappa shape index (κ1) is 13.5. The third kappa shape index (κ3) is 4.43. The van der Waals surface area contributed by atoms with Gasteiger partial charge >= 0.3 is 5.97 Å². The van der Waals surface area contributed by atoms with Crippen molar-refractivity contribution in [3.05, 3.63) is 30.1 Å². The zero-order valence-electron chi connectivity index (χ0n) is 10.4. The fourth-order valence-electron chi connectivity index (χ4n) is 1.89. The summed E-state index contributed by atoms with van der Waals surface area (Å²) in [5.74, 6) is -1.07. The number of benzene rings is 1. The van der Waals surface area contributed by atoms with Crippen LogP contribution in [0, 0.1) is 11.2 Å². The Morgan fingerprint density at radius 2 is 1.88 bits per heavy atom. The summed E-state index contributed by atoms with van der Waals surface area (Å²) >= 11 is 0. The summed E-state index contributed by atoms with van der Waals surface area (Å²) in [6.45, 7) is 4.41. The molecule has 1 rings (SSSR count). The van der Waals surface area contributed by atoms with Crippen molar-refractivity contribution in [2.24, 2.45) is 5.41 Å². The molecule has 1 aromatic rings. The maximum absolute atomic E-state index is 12.8. The van der Waals surface area contributed by atoms with Crippen LogP contribution < -0.4 is 4.90 Å². The van der Waals surface area contributed by atoms with Gasteiger partial charge in [0.15, 0.2) is 0 Å². The Kier molecular flexibility index (Phi) is 4.10. The first-order chi connectivity index (χ1) is 7.80. The van der Waals surface area contributed by atoms with Crippen molar-refractivity contribution in [3.8, 4) is 0 Å². The van der Waals surface area contributed by atoms with E-state index in [1.165, 1.54) is 12.1 Å². The molecular formula is C13H18FNO2. The summed E-state index contributed by atoms with van der Waals surface area (Å²) in [4.78, 5) is 12.6. The Hall–Kier alpha value is -1.58. The standard InChI is InChI=1S/C13H18FNO2/c1-13(2,8-12(16)17)9-15(3)11-6-4-10(14)5-7-11/h4-7H,8-9H2,1-3H3,(H,16,17). The summed E-state index contributed by atoms with van der Waals surface area (Å²) in [7, 11) is 1.87. The topological polar surface area (TPSA) is 40.5 Å². The monoisotopic (exact) mass is 239 g/mol. The lowest BCUT2D eigenvalue weighted by atomic mass is 9.88. The number of carboxylic acids is 1. The smallest absolute Gasteiger partial charge is 0.303 e. The van der Waals surface area contributed by atoms with Crippen molar-refractivity contribution in [3.63, 3.8) is 0 Å². The van der Waals surface area contributed by atoms with E-state index in [9.17, 15) is 9.18 Å². The Balaban J connectivity index is 2.68. The summed E-state index contributed by atoms with van der Waals surface area (Å²) < 4.78 is 12.8. The molecule has 0 atom stereocenters. The number of carboxylic acid groups (broad SMARTS) is 1. The molecule has 0 fully saturated rings. The van der Waals surface area contributed by atoms with Crippen LogP contribution in [0.4, 0.5) is 10.1 Å². The molecule has 0 aromatic heterocycles.